The summed E-state index contributed by atoms with van der Waals surface area (Å²) in [6, 6.07) is 0. The van der Waals surface area contributed by atoms with E-state index in [0.29, 0.717) is 0 Å². The fourth-order valence-corrected chi connectivity index (χ4v) is 1.36. The van der Waals surface area contributed by atoms with E-state index in [9.17, 15) is 0 Å². The molecule has 0 aromatic rings. The molecule has 0 aromatic heterocycles. The van der Waals surface area contributed by atoms with Gasteiger partial charge in [0.2, 0.25) is 0 Å². The molecule has 2 nitrogen and oxygen atoms in total. The fraction of sp³-hybridized carbons (Fsp3) is 1.00. The number of hydrogen-bond acceptors (Lipinski definition) is 2. The van der Waals surface area contributed by atoms with Gasteiger partial charge >= 0.3 is 0 Å². The minimum absolute atomic E-state index is 0.0355. The van der Waals surface area contributed by atoms with Gasteiger partial charge in [-0.25, -0.2) is 5.43 Å². The zero-order valence-corrected chi connectivity index (χ0v) is 4.93. The van der Waals surface area contributed by atoms with Crippen LogP contribution in [0.1, 0.15) is 0 Å². The first-order valence-corrected chi connectivity index (χ1v) is 4.13. The van der Waals surface area contributed by atoms with Crippen LogP contribution in [0, 0.1) is 0 Å². The number of nitrogens with zero attached hydrogens (tertiary/aromatic N) is 1. The molecule has 1 unspecified atom stereocenters. The quantitative estimate of drug-likeness (QED) is 0.347. The van der Waals surface area contributed by atoms with Crippen molar-refractivity contribution in [3.05, 3.63) is 0 Å². The molecule has 0 saturated carbocycles. The average molecular weight is 122 g/mol. The van der Waals surface area contributed by atoms with Crippen LogP contribution in [0.25, 0.3) is 0 Å². The third kappa shape index (κ3) is 0.959. The Morgan fingerprint density at radius 1 is 1.83 bits per heavy atom. The Hall–Kier alpha value is 0.460. The van der Waals surface area contributed by atoms with E-state index in [1.54, 1.807) is 0 Å². The number of rotatable bonds is 0. The Labute approximate surface area is 44.2 Å². The van der Waals surface area contributed by atoms with Crippen LogP contribution in [0.3, 0.4) is 0 Å². The molecule has 1 atom stereocenters. The Balaban J connectivity index is 2.45. The van der Waals surface area contributed by atoms with E-state index in [1.165, 1.54) is 0 Å². The number of nitrogens with one attached hydrogen (secondary N) is 1. The lowest BCUT2D eigenvalue weighted by molar-refractivity contribution is 0.832. The highest BCUT2D eigenvalue weighted by atomic mass is 33.1. The van der Waals surface area contributed by atoms with Crippen LogP contribution in [0.15, 0.2) is 4.47 Å². The van der Waals surface area contributed by atoms with Crippen molar-refractivity contribution in [3.63, 3.8) is 0 Å². The van der Waals surface area contributed by atoms with Crippen LogP contribution in [-0.4, -0.2) is 12.3 Å². The topological polar surface area (TPSA) is 24.4 Å². The highest BCUT2D eigenvalue weighted by Gasteiger charge is 1.95. The van der Waals surface area contributed by atoms with Gasteiger partial charge in [-0.05, 0) is 9.72 Å². The zero-order valence-electron chi connectivity index (χ0n) is 3.22. The van der Waals surface area contributed by atoms with E-state index in [0.717, 1.165) is 12.3 Å². The molecular formula is C2H6N2S2. The molecule has 0 radical (unpaired) electrons. The summed E-state index contributed by atoms with van der Waals surface area (Å²) in [4.78, 5) is 0. The summed E-state index contributed by atoms with van der Waals surface area (Å²) in [6.07, 6.45) is 0. The second-order valence-electron chi connectivity index (χ2n) is 1.04. The lowest BCUT2D eigenvalue weighted by Gasteiger charge is -1.76. The molecular weight excluding hydrogens is 116 g/mol. The Kier molecular flexibility index (Phi) is 1.50. The van der Waals surface area contributed by atoms with Crippen molar-refractivity contribution in [2.45, 2.75) is 0 Å². The van der Waals surface area contributed by atoms with Crippen LogP contribution in [0.4, 0.5) is 0 Å². The van der Waals surface area contributed by atoms with Crippen LogP contribution >= 0.6 is 11.7 Å². The molecule has 6 heavy (non-hydrogen) atoms. The van der Waals surface area contributed by atoms with Gasteiger partial charge in [-0.3, -0.25) is 0 Å². The van der Waals surface area contributed by atoms with Crippen molar-refractivity contribution in [2.75, 3.05) is 12.3 Å². The van der Waals surface area contributed by atoms with E-state index < -0.39 is 0 Å². The summed E-state index contributed by atoms with van der Waals surface area (Å²) < 4.78 is 3.88. The van der Waals surface area contributed by atoms with Crippen molar-refractivity contribution < 1.29 is 0 Å². The molecule has 1 aliphatic heterocycles. The van der Waals surface area contributed by atoms with Crippen molar-refractivity contribution in [3.8, 4) is 0 Å². The van der Waals surface area contributed by atoms with Gasteiger partial charge < -0.3 is 0 Å². The van der Waals surface area contributed by atoms with Gasteiger partial charge in [-0.15, -0.1) is 0 Å². The Morgan fingerprint density at radius 2 is 2.67 bits per heavy atom. The summed E-state index contributed by atoms with van der Waals surface area (Å²) in [6.45, 7) is 1.01. The highest BCUT2D eigenvalue weighted by Crippen LogP contribution is 1.95. The van der Waals surface area contributed by atoms with Crippen molar-refractivity contribution >= 4 is 21.4 Å². The summed E-state index contributed by atoms with van der Waals surface area (Å²) in [5.41, 5.74) is 2.83. The summed E-state index contributed by atoms with van der Waals surface area (Å²) in [5.74, 6) is 1.10. The van der Waals surface area contributed by atoms with E-state index in [2.05, 4.69) is 21.6 Å². The Morgan fingerprint density at radius 3 is 2.83 bits per heavy atom. The summed E-state index contributed by atoms with van der Waals surface area (Å²) in [5, 5.41) is 0. The molecule has 4 heteroatoms. The van der Waals surface area contributed by atoms with E-state index in [1.807, 2.05) is 0 Å². The molecule has 1 N–H and O–H groups in total. The lowest BCUT2D eigenvalue weighted by atomic mass is 10.8. The molecule has 1 heterocycles. The smallest absolute Gasteiger partial charge is 0.0298 e. The second kappa shape index (κ2) is 1.95. The molecule has 0 amide bonds. The molecule has 36 valence electrons. The normalized spacial score (nSPS) is 33.2. The molecule has 0 spiro atoms. The Bertz CT molecular complexity index is 79.6. The SMILES string of the molecule is SS1=NNCC1. The maximum absolute atomic E-state index is 4.09. The van der Waals surface area contributed by atoms with Gasteiger partial charge in [0.05, 0.1) is 0 Å². The van der Waals surface area contributed by atoms with Gasteiger partial charge in [0.15, 0.2) is 0 Å². The maximum Gasteiger partial charge on any atom is 0.0298 e. The van der Waals surface area contributed by atoms with Crippen LogP contribution in [0.5, 0.6) is 0 Å². The number of thiol groups is 1. The first-order chi connectivity index (χ1) is 2.89. The molecule has 1 rings (SSSR count). The summed E-state index contributed by atoms with van der Waals surface area (Å²) in [7, 11) is 0.0355. The molecule has 0 bridgehead atoms. The molecule has 0 fully saturated rings. The predicted octanol–water partition coefficient (Wildman–Crippen LogP) is 0.151. The third-order valence-electron chi connectivity index (χ3n) is 0.566. The highest BCUT2D eigenvalue weighted by molar-refractivity contribution is 8.61. The van der Waals surface area contributed by atoms with E-state index in [4.69, 9.17) is 0 Å². The average Bonchev–Trinajstić information content (AvgIpc) is 1.86. The van der Waals surface area contributed by atoms with E-state index >= 15 is 0 Å². The minimum atomic E-state index is 0.0355. The summed E-state index contributed by atoms with van der Waals surface area (Å²) >= 11 is 4.09. The van der Waals surface area contributed by atoms with Gasteiger partial charge in [0.1, 0.15) is 0 Å². The first kappa shape index (κ1) is 4.61. The van der Waals surface area contributed by atoms with Gasteiger partial charge in [-0.2, -0.15) is 4.47 Å². The monoisotopic (exact) mass is 122 g/mol. The third-order valence-corrected chi connectivity index (χ3v) is 2.27. The van der Waals surface area contributed by atoms with Gasteiger partial charge in [-0.1, -0.05) is 11.7 Å². The number of hydrogen-bond donors (Lipinski definition) is 2. The van der Waals surface area contributed by atoms with Gasteiger partial charge in [0.25, 0.3) is 0 Å². The largest absolute Gasteiger partial charge is 0.206 e. The predicted molar refractivity (Wildman–Crippen MR) is 31.6 cm³/mol. The molecule has 0 saturated heterocycles. The minimum Gasteiger partial charge on any atom is -0.206 e. The van der Waals surface area contributed by atoms with Crippen LogP contribution in [0.2, 0.25) is 0 Å². The maximum atomic E-state index is 4.09. The van der Waals surface area contributed by atoms with Crippen LogP contribution in [-0.2, 0) is 9.72 Å². The van der Waals surface area contributed by atoms with E-state index in [-0.39, 0.29) is 9.72 Å². The molecule has 0 aromatic carbocycles. The molecule has 1 aliphatic rings. The van der Waals surface area contributed by atoms with Crippen LogP contribution < -0.4 is 5.43 Å². The second-order valence-corrected chi connectivity index (χ2v) is 3.58. The molecule has 0 aliphatic carbocycles. The van der Waals surface area contributed by atoms with Crippen molar-refractivity contribution in [2.24, 2.45) is 4.47 Å². The van der Waals surface area contributed by atoms with Crippen molar-refractivity contribution in [1.82, 2.24) is 5.43 Å². The fourth-order valence-electron chi connectivity index (χ4n) is 0.303. The standard InChI is InChI=1S/C2H6N2S2/c5-6-2-1-3-4-6/h3H,1-2H2,(H,4,5). The van der Waals surface area contributed by atoms with Crippen molar-refractivity contribution in [1.29, 1.82) is 0 Å². The lowest BCUT2D eigenvalue weighted by Crippen LogP contribution is -2.00. The first-order valence-electron chi connectivity index (χ1n) is 1.73. The van der Waals surface area contributed by atoms with Gasteiger partial charge in [0, 0.05) is 12.3 Å². The zero-order chi connectivity index (χ0) is 4.41.